The number of hydrogen-bond acceptors (Lipinski definition) is 5. The highest BCUT2D eigenvalue weighted by atomic mass is 35.5. The van der Waals surface area contributed by atoms with Crippen molar-refractivity contribution in [3.05, 3.63) is 45.9 Å². The van der Waals surface area contributed by atoms with Crippen molar-refractivity contribution in [2.45, 2.75) is 13.8 Å². The van der Waals surface area contributed by atoms with E-state index in [-0.39, 0.29) is 5.91 Å². The molecule has 2 N–H and O–H groups in total. The van der Waals surface area contributed by atoms with Crippen LogP contribution in [-0.2, 0) is 0 Å². The summed E-state index contributed by atoms with van der Waals surface area (Å²) in [5.41, 5.74) is 2.08. The Morgan fingerprint density at radius 2 is 1.81 bits per heavy atom. The fourth-order valence-electron chi connectivity index (χ4n) is 2.10. The smallest absolute Gasteiger partial charge is 0.259 e. The number of fused-ring (bicyclic) bond motifs is 1. The first-order chi connectivity index (χ1) is 9.95. The van der Waals surface area contributed by atoms with Gasteiger partial charge >= 0.3 is 0 Å². The molecule has 6 nitrogen and oxygen atoms in total. The van der Waals surface area contributed by atoms with Gasteiger partial charge in [-0.3, -0.25) is 14.9 Å². The van der Waals surface area contributed by atoms with Gasteiger partial charge in [-0.2, -0.15) is 0 Å². The van der Waals surface area contributed by atoms with Gasteiger partial charge in [0.05, 0.1) is 11.1 Å². The molecule has 3 rings (SSSR count). The number of nitrogens with one attached hydrogen (secondary N) is 2. The lowest BCUT2D eigenvalue weighted by atomic mass is 10.1. The highest BCUT2D eigenvalue weighted by molar-refractivity contribution is 6.30. The third-order valence-corrected chi connectivity index (χ3v) is 3.56. The number of aryl methyl sites for hydroxylation is 1. The summed E-state index contributed by atoms with van der Waals surface area (Å²) in [6, 6.07) is 4.92. The van der Waals surface area contributed by atoms with Crippen LogP contribution in [0, 0.1) is 13.8 Å². The van der Waals surface area contributed by atoms with Crippen LogP contribution in [0.2, 0.25) is 5.15 Å². The van der Waals surface area contributed by atoms with Crippen molar-refractivity contribution in [2.75, 3.05) is 5.32 Å². The molecular weight excluding hydrogens is 292 g/mol. The maximum Gasteiger partial charge on any atom is 0.259 e. The number of hydrogen-bond donors (Lipinski definition) is 2. The molecule has 0 saturated heterocycles. The van der Waals surface area contributed by atoms with E-state index in [1.165, 1.54) is 0 Å². The number of rotatable bonds is 2. The molecule has 0 bridgehead atoms. The minimum Gasteiger partial charge on any atom is -0.340 e. The van der Waals surface area contributed by atoms with Gasteiger partial charge in [0.1, 0.15) is 16.8 Å². The van der Waals surface area contributed by atoms with Gasteiger partial charge in [0, 0.05) is 11.3 Å². The molecule has 1 aliphatic heterocycles. The Morgan fingerprint density at radius 1 is 1.10 bits per heavy atom. The van der Waals surface area contributed by atoms with Crippen LogP contribution in [0.25, 0.3) is 0 Å². The summed E-state index contributed by atoms with van der Waals surface area (Å²) >= 11 is 6.02. The molecule has 7 heteroatoms. The normalized spacial score (nSPS) is 13.1. The van der Waals surface area contributed by atoms with E-state index in [0.717, 1.165) is 0 Å². The maximum absolute atomic E-state index is 11.6. The number of aromatic nitrogens is 2. The van der Waals surface area contributed by atoms with Crippen LogP contribution in [-0.4, -0.2) is 21.8 Å². The molecule has 1 aromatic heterocycles. The predicted molar refractivity (Wildman–Crippen MR) is 78.0 cm³/mol. The molecule has 0 spiro atoms. The van der Waals surface area contributed by atoms with E-state index < -0.39 is 5.91 Å². The second kappa shape index (κ2) is 4.82. The van der Waals surface area contributed by atoms with Gasteiger partial charge in [-0.1, -0.05) is 11.6 Å². The van der Waals surface area contributed by atoms with Crippen LogP contribution in [0.4, 0.5) is 11.5 Å². The summed E-state index contributed by atoms with van der Waals surface area (Å²) in [6.07, 6.45) is 0. The second-order valence-corrected chi connectivity index (χ2v) is 5.06. The summed E-state index contributed by atoms with van der Waals surface area (Å²) in [6.45, 7) is 3.54. The quantitative estimate of drug-likeness (QED) is 0.657. The summed E-state index contributed by atoms with van der Waals surface area (Å²) in [5, 5.41) is 5.72. The Balaban J connectivity index is 1.99. The van der Waals surface area contributed by atoms with Gasteiger partial charge in [-0.05, 0) is 32.0 Å². The SMILES string of the molecule is Cc1nc(Cl)c(C)c(Nc2ccc3c(c2)C(=O)NC3=O)n1. The van der Waals surface area contributed by atoms with E-state index in [2.05, 4.69) is 20.6 Å². The lowest BCUT2D eigenvalue weighted by Crippen LogP contribution is -2.19. The largest absolute Gasteiger partial charge is 0.340 e. The zero-order valence-electron chi connectivity index (χ0n) is 11.3. The number of nitrogens with zero attached hydrogens (tertiary/aromatic N) is 2. The number of halogens is 1. The van der Waals surface area contributed by atoms with Crippen molar-refractivity contribution in [2.24, 2.45) is 0 Å². The molecule has 1 aromatic carbocycles. The van der Waals surface area contributed by atoms with Crippen molar-refractivity contribution in [1.82, 2.24) is 15.3 Å². The topological polar surface area (TPSA) is 84.0 Å². The van der Waals surface area contributed by atoms with E-state index in [1.807, 2.05) is 0 Å². The standard InChI is InChI=1S/C14H11ClN4O2/c1-6-11(15)16-7(2)17-12(6)18-8-3-4-9-10(5-8)14(21)19-13(9)20/h3-5H,1-2H3,(H,16,17,18)(H,19,20,21). The molecule has 21 heavy (non-hydrogen) atoms. The first kappa shape index (κ1) is 13.5. The number of amides is 2. The van der Waals surface area contributed by atoms with Crippen molar-refractivity contribution < 1.29 is 9.59 Å². The van der Waals surface area contributed by atoms with Crippen molar-refractivity contribution >= 4 is 34.9 Å². The maximum atomic E-state index is 11.6. The first-order valence-corrected chi connectivity index (χ1v) is 6.61. The minimum absolute atomic E-state index is 0.347. The minimum atomic E-state index is -0.396. The molecule has 0 aliphatic carbocycles. The zero-order chi connectivity index (χ0) is 15.1. The molecule has 0 saturated carbocycles. The number of benzene rings is 1. The molecule has 106 valence electrons. The highest BCUT2D eigenvalue weighted by Gasteiger charge is 2.26. The molecule has 0 radical (unpaired) electrons. The second-order valence-electron chi connectivity index (χ2n) is 4.70. The van der Waals surface area contributed by atoms with E-state index in [9.17, 15) is 9.59 Å². The lowest BCUT2D eigenvalue weighted by Gasteiger charge is -2.10. The molecule has 1 aliphatic rings. The Bertz CT molecular complexity index is 789. The zero-order valence-corrected chi connectivity index (χ0v) is 12.1. The van der Waals surface area contributed by atoms with E-state index in [1.54, 1.807) is 32.0 Å². The Kier molecular flexibility index (Phi) is 3.10. The predicted octanol–water partition coefficient (Wildman–Crippen LogP) is 2.37. The monoisotopic (exact) mass is 302 g/mol. The van der Waals surface area contributed by atoms with Gasteiger partial charge in [0.15, 0.2) is 0 Å². The number of imide groups is 1. The summed E-state index contributed by atoms with van der Waals surface area (Å²) in [7, 11) is 0. The average molecular weight is 303 g/mol. The van der Waals surface area contributed by atoms with E-state index in [4.69, 9.17) is 11.6 Å². The molecule has 0 fully saturated rings. The van der Waals surface area contributed by atoms with Gasteiger partial charge in [0.25, 0.3) is 11.8 Å². The van der Waals surface area contributed by atoms with Crippen LogP contribution in [0.5, 0.6) is 0 Å². The Hall–Kier alpha value is -2.47. The summed E-state index contributed by atoms with van der Waals surface area (Å²) < 4.78 is 0. The van der Waals surface area contributed by atoms with E-state index in [0.29, 0.717) is 39.2 Å². The third kappa shape index (κ3) is 2.34. The average Bonchev–Trinajstić information content (AvgIpc) is 2.70. The highest BCUT2D eigenvalue weighted by Crippen LogP contribution is 2.26. The fraction of sp³-hybridized carbons (Fsp3) is 0.143. The molecule has 2 amide bonds. The van der Waals surface area contributed by atoms with Crippen LogP contribution >= 0.6 is 11.6 Å². The van der Waals surface area contributed by atoms with Crippen molar-refractivity contribution in [3.8, 4) is 0 Å². The molecule has 0 atom stereocenters. The number of carbonyl (C=O) groups is 2. The Labute approximate surface area is 125 Å². The fourth-order valence-corrected chi connectivity index (χ4v) is 2.31. The van der Waals surface area contributed by atoms with E-state index >= 15 is 0 Å². The Morgan fingerprint density at radius 3 is 2.57 bits per heavy atom. The molecular formula is C14H11ClN4O2. The molecule has 2 aromatic rings. The molecule has 2 heterocycles. The summed E-state index contributed by atoms with van der Waals surface area (Å²) in [4.78, 5) is 31.5. The van der Waals surface area contributed by atoms with Crippen LogP contribution < -0.4 is 10.6 Å². The molecule has 0 unspecified atom stereocenters. The van der Waals surface area contributed by atoms with Gasteiger partial charge < -0.3 is 5.32 Å². The van der Waals surface area contributed by atoms with Gasteiger partial charge in [-0.15, -0.1) is 0 Å². The number of anilines is 2. The van der Waals surface area contributed by atoms with Crippen molar-refractivity contribution in [1.29, 1.82) is 0 Å². The van der Waals surface area contributed by atoms with Crippen molar-refractivity contribution in [3.63, 3.8) is 0 Å². The van der Waals surface area contributed by atoms with Crippen LogP contribution in [0.15, 0.2) is 18.2 Å². The van der Waals surface area contributed by atoms with Gasteiger partial charge in [-0.25, -0.2) is 9.97 Å². The lowest BCUT2D eigenvalue weighted by molar-refractivity contribution is 0.0879. The summed E-state index contributed by atoms with van der Waals surface area (Å²) in [5.74, 6) is 0.338. The first-order valence-electron chi connectivity index (χ1n) is 6.23. The van der Waals surface area contributed by atoms with Gasteiger partial charge in [0.2, 0.25) is 0 Å². The van der Waals surface area contributed by atoms with Crippen LogP contribution in [0.1, 0.15) is 32.1 Å². The van der Waals surface area contributed by atoms with Crippen LogP contribution in [0.3, 0.4) is 0 Å². The third-order valence-electron chi connectivity index (χ3n) is 3.20. The number of carbonyl (C=O) groups excluding carboxylic acids is 2.